The van der Waals surface area contributed by atoms with E-state index in [1.807, 2.05) is 32.0 Å². The molecular formula is C14H16IN3O. The zero-order valence-electron chi connectivity index (χ0n) is 10.9. The van der Waals surface area contributed by atoms with E-state index in [-0.39, 0.29) is 11.9 Å². The van der Waals surface area contributed by atoms with Crippen LogP contribution in [-0.4, -0.2) is 15.9 Å². The Morgan fingerprint density at radius 2 is 2.32 bits per heavy atom. The lowest BCUT2D eigenvalue weighted by Crippen LogP contribution is -2.29. The van der Waals surface area contributed by atoms with Crippen molar-refractivity contribution in [2.24, 2.45) is 0 Å². The summed E-state index contributed by atoms with van der Waals surface area (Å²) < 4.78 is 0.992. The van der Waals surface area contributed by atoms with E-state index in [4.69, 9.17) is 0 Å². The summed E-state index contributed by atoms with van der Waals surface area (Å²) in [6, 6.07) is 5.67. The molecule has 0 fully saturated rings. The second-order valence-corrected chi connectivity index (χ2v) is 5.42. The highest BCUT2D eigenvalue weighted by atomic mass is 127. The predicted molar refractivity (Wildman–Crippen MR) is 83.0 cm³/mol. The molecule has 2 N–H and O–H groups in total. The molecule has 0 aliphatic carbocycles. The number of halogens is 1. The van der Waals surface area contributed by atoms with Crippen molar-refractivity contribution in [2.75, 3.05) is 0 Å². The molecule has 5 heteroatoms. The molecule has 1 heterocycles. The number of H-pyrrole nitrogens is 1. The minimum Gasteiger partial charge on any atom is -0.347 e. The fourth-order valence-corrected chi connectivity index (χ4v) is 2.50. The zero-order valence-corrected chi connectivity index (χ0v) is 13.1. The van der Waals surface area contributed by atoms with Gasteiger partial charge in [-0.2, -0.15) is 0 Å². The summed E-state index contributed by atoms with van der Waals surface area (Å²) in [6.07, 6.45) is 4.25. The van der Waals surface area contributed by atoms with Crippen LogP contribution in [0, 0.1) is 10.5 Å². The molecule has 0 saturated carbocycles. The molecule has 1 aromatic carbocycles. The maximum absolute atomic E-state index is 12.3. The van der Waals surface area contributed by atoms with E-state index in [9.17, 15) is 4.79 Å². The van der Waals surface area contributed by atoms with Gasteiger partial charge in [-0.1, -0.05) is 19.1 Å². The fraction of sp³-hybridized carbons (Fsp3) is 0.286. The number of imidazole rings is 1. The van der Waals surface area contributed by atoms with E-state index >= 15 is 0 Å². The highest BCUT2D eigenvalue weighted by Gasteiger charge is 2.17. The van der Waals surface area contributed by atoms with Crippen LogP contribution in [0.3, 0.4) is 0 Å². The molecule has 1 unspecified atom stereocenters. The molecule has 4 nitrogen and oxygen atoms in total. The molecular weight excluding hydrogens is 353 g/mol. The van der Waals surface area contributed by atoms with E-state index in [1.165, 1.54) is 0 Å². The Bertz CT molecular complexity index is 566. The van der Waals surface area contributed by atoms with Crippen molar-refractivity contribution in [3.8, 4) is 0 Å². The quantitative estimate of drug-likeness (QED) is 0.814. The van der Waals surface area contributed by atoms with Crippen molar-refractivity contribution in [2.45, 2.75) is 26.3 Å². The average Bonchev–Trinajstić information content (AvgIpc) is 2.92. The van der Waals surface area contributed by atoms with Crippen LogP contribution < -0.4 is 5.32 Å². The van der Waals surface area contributed by atoms with Gasteiger partial charge in [0, 0.05) is 16.0 Å². The van der Waals surface area contributed by atoms with Gasteiger partial charge < -0.3 is 10.3 Å². The Balaban J connectivity index is 2.18. The van der Waals surface area contributed by atoms with Crippen LogP contribution in [0.5, 0.6) is 0 Å². The van der Waals surface area contributed by atoms with Crippen molar-refractivity contribution in [3.63, 3.8) is 0 Å². The van der Waals surface area contributed by atoms with Gasteiger partial charge in [0.2, 0.25) is 0 Å². The predicted octanol–water partition coefficient (Wildman–Crippen LogP) is 3.20. The van der Waals surface area contributed by atoms with Crippen molar-refractivity contribution in [1.82, 2.24) is 15.3 Å². The lowest BCUT2D eigenvalue weighted by Gasteiger charge is -2.15. The van der Waals surface area contributed by atoms with Gasteiger partial charge in [-0.25, -0.2) is 4.98 Å². The smallest absolute Gasteiger partial charge is 0.252 e. The monoisotopic (exact) mass is 369 g/mol. The van der Waals surface area contributed by atoms with Crippen molar-refractivity contribution < 1.29 is 4.79 Å². The molecule has 0 spiro atoms. The Morgan fingerprint density at radius 1 is 1.53 bits per heavy atom. The van der Waals surface area contributed by atoms with E-state index in [0.717, 1.165) is 21.4 Å². The molecule has 0 radical (unpaired) electrons. The number of nitrogens with zero attached hydrogens (tertiary/aromatic N) is 1. The zero-order chi connectivity index (χ0) is 13.8. The van der Waals surface area contributed by atoms with Gasteiger partial charge in [-0.15, -0.1) is 0 Å². The summed E-state index contributed by atoms with van der Waals surface area (Å²) >= 11 is 2.21. The lowest BCUT2D eigenvalue weighted by atomic mass is 10.1. The summed E-state index contributed by atoms with van der Waals surface area (Å²) in [5.41, 5.74) is 1.82. The molecule has 2 aromatic rings. The molecule has 0 saturated heterocycles. The lowest BCUT2D eigenvalue weighted by molar-refractivity contribution is 0.0933. The summed E-state index contributed by atoms with van der Waals surface area (Å²) in [5.74, 6) is 0.731. The average molecular weight is 369 g/mol. The number of carbonyl (C=O) groups excluding carboxylic acids is 1. The highest BCUT2D eigenvalue weighted by molar-refractivity contribution is 14.1. The summed E-state index contributed by atoms with van der Waals surface area (Å²) in [6.45, 7) is 4.02. The van der Waals surface area contributed by atoms with Crippen LogP contribution in [0.15, 0.2) is 30.6 Å². The van der Waals surface area contributed by atoms with Gasteiger partial charge in [-0.3, -0.25) is 4.79 Å². The SMILES string of the molecule is CCC(NC(=O)c1cccc(C)c1I)c1ncc[nH]1. The van der Waals surface area contributed by atoms with Gasteiger partial charge in [0.15, 0.2) is 0 Å². The molecule has 0 bridgehead atoms. The number of hydrogen-bond acceptors (Lipinski definition) is 2. The van der Waals surface area contributed by atoms with Gasteiger partial charge >= 0.3 is 0 Å². The van der Waals surface area contributed by atoms with Crippen LogP contribution in [0.1, 0.15) is 41.1 Å². The first-order valence-electron chi connectivity index (χ1n) is 6.18. The number of benzene rings is 1. The number of aryl methyl sites for hydroxylation is 1. The first-order valence-corrected chi connectivity index (χ1v) is 7.26. The van der Waals surface area contributed by atoms with Crippen molar-refractivity contribution >= 4 is 28.5 Å². The second kappa shape index (κ2) is 6.18. The van der Waals surface area contributed by atoms with Crippen LogP contribution in [0.4, 0.5) is 0 Å². The van der Waals surface area contributed by atoms with E-state index in [1.54, 1.807) is 12.4 Å². The summed E-state index contributed by atoms with van der Waals surface area (Å²) in [7, 11) is 0. The number of rotatable bonds is 4. The maximum Gasteiger partial charge on any atom is 0.252 e. The molecule has 1 amide bonds. The van der Waals surface area contributed by atoms with Gasteiger partial charge in [0.05, 0.1) is 11.6 Å². The Morgan fingerprint density at radius 3 is 2.95 bits per heavy atom. The third-order valence-corrected chi connectivity index (χ3v) is 4.43. The topological polar surface area (TPSA) is 57.8 Å². The van der Waals surface area contributed by atoms with Crippen LogP contribution in [-0.2, 0) is 0 Å². The largest absolute Gasteiger partial charge is 0.347 e. The molecule has 0 aliphatic rings. The van der Waals surface area contributed by atoms with Crippen molar-refractivity contribution in [1.29, 1.82) is 0 Å². The van der Waals surface area contributed by atoms with E-state index in [2.05, 4.69) is 37.9 Å². The number of aromatic amines is 1. The number of amides is 1. The summed E-state index contributed by atoms with van der Waals surface area (Å²) in [5, 5.41) is 3.02. The van der Waals surface area contributed by atoms with E-state index < -0.39 is 0 Å². The first kappa shape index (κ1) is 14.0. The number of carbonyl (C=O) groups is 1. The van der Waals surface area contributed by atoms with Gasteiger partial charge in [-0.05, 0) is 47.6 Å². The molecule has 0 aliphatic heterocycles. The van der Waals surface area contributed by atoms with Crippen LogP contribution >= 0.6 is 22.6 Å². The number of hydrogen-bond donors (Lipinski definition) is 2. The molecule has 2 rings (SSSR count). The van der Waals surface area contributed by atoms with Gasteiger partial charge in [0.25, 0.3) is 5.91 Å². The van der Waals surface area contributed by atoms with Crippen molar-refractivity contribution in [3.05, 3.63) is 51.1 Å². The first-order chi connectivity index (χ1) is 9.13. The maximum atomic E-state index is 12.3. The number of aromatic nitrogens is 2. The Kier molecular flexibility index (Phi) is 4.57. The molecule has 1 aromatic heterocycles. The third-order valence-electron chi connectivity index (χ3n) is 3.00. The Hall–Kier alpha value is -1.37. The van der Waals surface area contributed by atoms with E-state index in [0.29, 0.717) is 5.56 Å². The van der Waals surface area contributed by atoms with Crippen LogP contribution in [0.25, 0.3) is 0 Å². The Labute approximate surface area is 126 Å². The normalized spacial score (nSPS) is 12.2. The fourth-order valence-electron chi connectivity index (χ4n) is 1.89. The third kappa shape index (κ3) is 3.15. The molecule has 100 valence electrons. The number of nitrogens with one attached hydrogen (secondary N) is 2. The summed E-state index contributed by atoms with van der Waals surface area (Å²) in [4.78, 5) is 19.6. The minimum atomic E-state index is -0.0844. The second-order valence-electron chi connectivity index (χ2n) is 4.35. The van der Waals surface area contributed by atoms with Crippen LogP contribution in [0.2, 0.25) is 0 Å². The highest BCUT2D eigenvalue weighted by Crippen LogP contribution is 2.18. The minimum absolute atomic E-state index is 0.0589. The molecule has 1 atom stereocenters. The molecule has 19 heavy (non-hydrogen) atoms. The standard InChI is InChI=1S/C14H16IN3O/c1-3-11(13-16-7-8-17-13)18-14(19)10-6-4-5-9(2)12(10)15/h4-8,11H,3H2,1-2H3,(H,16,17)(H,18,19). The van der Waals surface area contributed by atoms with Gasteiger partial charge in [0.1, 0.15) is 5.82 Å².